The maximum atomic E-state index is 13.1. The zero-order valence-electron chi connectivity index (χ0n) is 18.0. The van der Waals surface area contributed by atoms with Crippen molar-refractivity contribution in [3.05, 3.63) is 40.7 Å². The highest BCUT2D eigenvalue weighted by atomic mass is 32.2. The third-order valence-corrected chi connectivity index (χ3v) is 9.25. The maximum absolute atomic E-state index is 13.1. The van der Waals surface area contributed by atoms with E-state index in [1.165, 1.54) is 29.7 Å². The summed E-state index contributed by atoms with van der Waals surface area (Å²) in [7, 11) is -3.12. The van der Waals surface area contributed by atoms with E-state index in [1.807, 2.05) is 6.20 Å². The summed E-state index contributed by atoms with van der Waals surface area (Å²) in [5, 5.41) is 2.27. The Labute approximate surface area is 175 Å². The van der Waals surface area contributed by atoms with Gasteiger partial charge >= 0.3 is 0 Å². The Balaban J connectivity index is 1.66. The van der Waals surface area contributed by atoms with Crippen LogP contribution in [-0.2, 0) is 28.4 Å². The second-order valence-corrected chi connectivity index (χ2v) is 13.0. The number of sulfone groups is 1. The molecule has 0 spiro atoms. The molecule has 0 saturated heterocycles. The van der Waals surface area contributed by atoms with Crippen molar-refractivity contribution in [1.82, 2.24) is 4.98 Å². The molecular formula is C25H33NO2S. The molecule has 3 unspecified atom stereocenters. The minimum atomic E-state index is -3.12. The largest absolute Gasteiger partial charge is 0.260 e. The summed E-state index contributed by atoms with van der Waals surface area (Å²) >= 11 is 0. The summed E-state index contributed by atoms with van der Waals surface area (Å²) in [4.78, 5) is 4.85. The number of aromatic nitrogens is 1. The van der Waals surface area contributed by atoms with Gasteiger partial charge in [0.15, 0.2) is 9.84 Å². The average Bonchev–Trinajstić information content (AvgIpc) is 3.38. The van der Waals surface area contributed by atoms with Crippen LogP contribution in [0.15, 0.2) is 18.3 Å². The molecular weight excluding hydrogens is 378 g/mol. The van der Waals surface area contributed by atoms with E-state index in [0.29, 0.717) is 23.5 Å². The van der Waals surface area contributed by atoms with Crippen LogP contribution in [0.3, 0.4) is 0 Å². The van der Waals surface area contributed by atoms with Crippen molar-refractivity contribution in [1.29, 1.82) is 0 Å². The molecule has 2 heterocycles. The molecule has 0 N–H and O–H groups in total. The zero-order chi connectivity index (χ0) is 20.4. The van der Waals surface area contributed by atoms with Gasteiger partial charge in [0.25, 0.3) is 0 Å². The highest BCUT2D eigenvalue weighted by Crippen LogP contribution is 2.53. The van der Waals surface area contributed by atoms with E-state index in [2.05, 4.69) is 32.9 Å². The molecule has 3 atom stereocenters. The Kier molecular flexibility index (Phi) is 4.58. The number of fused-ring (bicyclic) bond motifs is 5. The van der Waals surface area contributed by atoms with Crippen LogP contribution in [0.1, 0.15) is 81.2 Å². The van der Waals surface area contributed by atoms with Gasteiger partial charge in [-0.15, -0.1) is 0 Å². The van der Waals surface area contributed by atoms with Crippen molar-refractivity contribution in [2.45, 2.75) is 77.4 Å². The van der Waals surface area contributed by atoms with Crippen molar-refractivity contribution < 1.29 is 8.42 Å². The van der Waals surface area contributed by atoms with Gasteiger partial charge in [0.05, 0.1) is 11.5 Å². The number of pyridine rings is 1. The summed E-state index contributed by atoms with van der Waals surface area (Å²) in [6.45, 7) is 6.91. The fraction of sp³-hybridized carbons (Fsp3) is 0.640. The SMILES string of the molecule is CC1CCc2c(cc3cnc4cc3c2CS(=O)(=O)CCCC(C)(C)CC2CC42)C1. The van der Waals surface area contributed by atoms with Gasteiger partial charge in [-0.25, -0.2) is 8.42 Å². The van der Waals surface area contributed by atoms with E-state index in [0.717, 1.165) is 48.4 Å². The molecule has 2 aliphatic carbocycles. The van der Waals surface area contributed by atoms with Crippen LogP contribution in [0, 0.1) is 17.3 Å². The minimum Gasteiger partial charge on any atom is -0.260 e. The lowest BCUT2D eigenvalue weighted by atomic mass is 9.81. The summed E-state index contributed by atoms with van der Waals surface area (Å²) in [6, 6.07) is 4.53. The van der Waals surface area contributed by atoms with Crippen LogP contribution >= 0.6 is 0 Å². The quantitative estimate of drug-likeness (QED) is 0.568. The van der Waals surface area contributed by atoms with Crippen molar-refractivity contribution in [3.8, 4) is 0 Å². The molecule has 1 aromatic heterocycles. The first-order valence-corrected chi connectivity index (χ1v) is 13.2. The molecule has 3 aliphatic rings. The van der Waals surface area contributed by atoms with Crippen molar-refractivity contribution in [2.75, 3.05) is 5.75 Å². The molecule has 1 aromatic carbocycles. The molecule has 156 valence electrons. The molecule has 4 heteroatoms. The summed E-state index contributed by atoms with van der Waals surface area (Å²) in [5.74, 6) is 2.43. The van der Waals surface area contributed by atoms with Crippen molar-refractivity contribution >= 4 is 20.6 Å². The number of hydrogen-bond acceptors (Lipinski definition) is 3. The fourth-order valence-corrected chi connectivity index (χ4v) is 7.43. The second kappa shape index (κ2) is 6.80. The molecule has 3 nitrogen and oxygen atoms in total. The van der Waals surface area contributed by atoms with E-state index in [-0.39, 0.29) is 11.2 Å². The normalized spacial score (nSPS) is 30.5. The standard InChI is InChI=1S/C25H33NO2S/c1-16-5-6-20-17(9-16)10-19-14-26-24-12-21(19)23(20)15-29(27,28)8-4-7-25(2,3)13-18-11-22(18)24/h10,12,14,16,18,22H,4-9,11,13,15H2,1-3H3. The van der Waals surface area contributed by atoms with Gasteiger partial charge in [-0.1, -0.05) is 20.8 Å². The molecule has 29 heavy (non-hydrogen) atoms. The smallest absolute Gasteiger partial charge is 0.154 e. The third kappa shape index (κ3) is 3.85. The first-order chi connectivity index (χ1) is 13.7. The summed E-state index contributed by atoms with van der Waals surface area (Å²) in [5.41, 5.74) is 5.14. The molecule has 0 amide bonds. The number of nitrogens with zero attached hydrogens (tertiary/aromatic N) is 1. The Morgan fingerprint density at radius 3 is 2.83 bits per heavy atom. The van der Waals surface area contributed by atoms with Crippen molar-refractivity contribution in [3.63, 3.8) is 0 Å². The topological polar surface area (TPSA) is 47.0 Å². The van der Waals surface area contributed by atoms with Gasteiger partial charge in [-0.3, -0.25) is 4.98 Å². The van der Waals surface area contributed by atoms with Crippen LogP contribution in [0.5, 0.6) is 0 Å². The Bertz CT molecular complexity index is 1070. The molecule has 1 saturated carbocycles. The molecule has 1 aliphatic heterocycles. The maximum Gasteiger partial charge on any atom is 0.154 e. The molecule has 0 radical (unpaired) electrons. The van der Waals surface area contributed by atoms with Gasteiger partial charge in [-0.05, 0) is 96.4 Å². The van der Waals surface area contributed by atoms with E-state index in [4.69, 9.17) is 4.98 Å². The van der Waals surface area contributed by atoms with E-state index in [9.17, 15) is 8.42 Å². The van der Waals surface area contributed by atoms with Gasteiger partial charge in [0.2, 0.25) is 0 Å². The lowest BCUT2D eigenvalue weighted by molar-refractivity contribution is 0.285. The lowest BCUT2D eigenvalue weighted by Crippen LogP contribution is -2.18. The third-order valence-electron chi connectivity index (χ3n) is 7.61. The highest BCUT2D eigenvalue weighted by molar-refractivity contribution is 7.90. The van der Waals surface area contributed by atoms with Crippen LogP contribution in [0.2, 0.25) is 0 Å². The molecule has 2 bridgehead atoms. The van der Waals surface area contributed by atoms with Crippen LogP contribution < -0.4 is 0 Å². The number of rotatable bonds is 0. The summed E-state index contributed by atoms with van der Waals surface area (Å²) < 4.78 is 26.3. The van der Waals surface area contributed by atoms with E-state index >= 15 is 0 Å². The first-order valence-electron chi connectivity index (χ1n) is 11.3. The van der Waals surface area contributed by atoms with E-state index < -0.39 is 9.84 Å². The monoisotopic (exact) mass is 411 g/mol. The van der Waals surface area contributed by atoms with Crippen LogP contribution in [0.25, 0.3) is 10.8 Å². The van der Waals surface area contributed by atoms with Crippen LogP contribution in [-0.4, -0.2) is 19.2 Å². The highest BCUT2D eigenvalue weighted by Gasteiger charge is 2.42. The molecule has 1 fully saturated rings. The van der Waals surface area contributed by atoms with Gasteiger partial charge in [-0.2, -0.15) is 0 Å². The van der Waals surface area contributed by atoms with Gasteiger partial charge < -0.3 is 0 Å². The predicted octanol–water partition coefficient (Wildman–Crippen LogP) is 5.59. The van der Waals surface area contributed by atoms with Crippen LogP contribution in [0.4, 0.5) is 0 Å². The first kappa shape index (κ1) is 19.5. The summed E-state index contributed by atoms with van der Waals surface area (Å²) in [6.07, 6.45) is 9.40. The second-order valence-electron chi connectivity index (χ2n) is 10.8. The zero-order valence-corrected chi connectivity index (χ0v) is 18.8. The Hall–Kier alpha value is -1.42. The fourth-order valence-electron chi connectivity index (χ4n) is 5.93. The van der Waals surface area contributed by atoms with Gasteiger partial charge in [0.1, 0.15) is 0 Å². The Morgan fingerprint density at radius 1 is 1.17 bits per heavy atom. The average molecular weight is 412 g/mol. The minimum absolute atomic E-state index is 0.193. The number of hydrogen-bond donors (Lipinski definition) is 0. The van der Waals surface area contributed by atoms with E-state index in [1.54, 1.807) is 0 Å². The molecule has 2 aromatic rings. The Morgan fingerprint density at radius 2 is 2.00 bits per heavy atom. The predicted molar refractivity (Wildman–Crippen MR) is 119 cm³/mol. The van der Waals surface area contributed by atoms with Gasteiger partial charge in [0, 0.05) is 23.2 Å². The number of benzene rings is 1. The molecule has 5 rings (SSSR count). The lowest BCUT2D eigenvalue weighted by Gasteiger charge is -2.26. The van der Waals surface area contributed by atoms with Crippen molar-refractivity contribution in [2.24, 2.45) is 17.3 Å².